The Bertz CT molecular complexity index is 737. The first kappa shape index (κ1) is 12.1. The van der Waals surface area contributed by atoms with Crippen molar-refractivity contribution >= 4 is 5.97 Å². The third kappa shape index (κ3) is 2.16. The Kier molecular flexibility index (Phi) is 3.01. The van der Waals surface area contributed by atoms with Crippen molar-refractivity contribution in [3.63, 3.8) is 0 Å². The van der Waals surface area contributed by atoms with Gasteiger partial charge in [-0.25, -0.2) is 4.79 Å². The van der Waals surface area contributed by atoms with Gasteiger partial charge in [0.2, 0.25) is 0 Å². The number of hydrogen-bond donors (Lipinski definition) is 1. The van der Waals surface area contributed by atoms with Gasteiger partial charge in [0.25, 0.3) is 0 Å². The molecule has 0 aliphatic rings. The van der Waals surface area contributed by atoms with Crippen LogP contribution in [-0.4, -0.2) is 25.8 Å². The Labute approximate surface area is 115 Å². The van der Waals surface area contributed by atoms with Crippen LogP contribution in [0.5, 0.6) is 0 Å². The lowest BCUT2D eigenvalue weighted by molar-refractivity contribution is 0.0697. The maximum absolute atomic E-state index is 11.1. The molecule has 0 saturated carbocycles. The summed E-state index contributed by atoms with van der Waals surface area (Å²) in [6.07, 6.45) is 3.10. The molecular weight excluding hydrogens is 254 g/mol. The fourth-order valence-corrected chi connectivity index (χ4v) is 2.07. The zero-order chi connectivity index (χ0) is 13.9. The lowest BCUT2D eigenvalue weighted by Crippen LogP contribution is -2.01. The Balaban J connectivity index is 2.22. The Morgan fingerprint density at radius 1 is 1.00 bits per heavy atom. The smallest absolute Gasteiger partial charge is 0.335 e. The van der Waals surface area contributed by atoms with Crippen molar-refractivity contribution < 1.29 is 9.90 Å². The first-order valence-electron chi connectivity index (χ1n) is 6.03. The van der Waals surface area contributed by atoms with Crippen LogP contribution < -0.4 is 0 Å². The minimum atomic E-state index is -0.959. The highest BCUT2D eigenvalue weighted by Crippen LogP contribution is 2.27. The molecule has 98 valence electrons. The van der Waals surface area contributed by atoms with Crippen molar-refractivity contribution in [1.29, 1.82) is 0 Å². The fraction of sp³-hybridized carbons (Fsp3) is 0. The van der Waals surface area contributed by atoms with Crippen LogP contribution >= 0.6 is 0 Å². The monoisotopic (exact) mass is 265 g/mol. The van der Waals surface area contributed by atoms with E-state index in [1.165, 1.54) is 0 Å². The number of carboxylic acids is 1. The second kappa shape index (κ2) is 4.97. The van der Waals surface area contributed by atoms with E-state index in [0.29, 0.717) is 0 Å². The molecule has 5 heteroatoms. The summed E-state index contributed by atoms with van der Waals surface area (Å²) in [5.41, 5.74) is 2.90. The van der Waals surface area contributed by atoms with Gasteiger partial charge in [-0.15, -0.1) is 10.2 Å². The topological polar surface area (TPSA) is 68.0 Å². The van der Waals surface area contributed by atoms with Crippen LogP contribution in [0.4, 0.5) is 0 Å². The van der Waals surface area contributed by atoms with Crippen molar-refractivity contribution in [2.24, 2.45) is 0 Å². The highest BCUT2D eigenvalue weighted by Gasteiger charge is 2.11. The van der Waals surface area contributed by atoms with E-state index in [9.17, 15) is 4.79 Å². The highest BCUT2D eigenvalue weighted by molar-refractivity contribution is 5.90. The number of hydrogen-bond acceptors (Lipinski definition) is 3. The van der Waals surface area contributed by atoms with Gasteiger partial charge in [0, 0.05) is 5.56 Å². The quantitative estimate of drug-likeness (QED) is 0.790. The molecule has 0 aliphatic heterocycles. The highest BCUT2D eigenvalue weighted by atomic mass is 16.4. The minimum Gasteiger partial charge on any atom is -0.478 e. The number of aromatic nitrogens is 3. The van der Waals surface area contributed by atoms with Crippen molar-refractivity contribution in [3.8, 4) is 16.8 Å². The van der Waals surface area contributed by atoms with E-state index in [4.69, 9.17) is 5.11 Å². The lowest BCUT2D eigenvalue weighted by Gasteiger charge is -2.11. The van der Waals surface area contributed by atoms with Gasteiger partial charge >= 0.3 is 5.97 Å². The summed E-state index contributed by atoms with van der Waals surface area (Å²) in [4.78, 5) is 11.1. The van der Waals surface area contributed by atoms with Gasteiger partial charge in [-0.2, -0.15) is 0 Å². The fourth-order valence-electron chi connectivity index (χ4n) is 2.07. The molecule has 5 nitrogen and oxygen atoms in total. The number of aromatic carboxylic acids is 1. The molecule has 0 amide bonds. The number of carbonyl (C=O) groups is 1. The van der Waals surface area contributed by atoms with Crippen molar-refractivity contribution in [2.45, 2.75) is 0 Å². The second-order valence-corrected chi connectivity index (χ2v) is 4.27. The number of rotatable bonds is 3. The molecule has 1 N–H and O–H groups in total. The average Bonchev–Trinajstić information content (AvgIpc) is 3.01. The van der Waals surface area contributed by atoms with Crippen molar-refractivity contribution in [1.82, 2.24) is 14.8 Å². The molecule has 0 unspecified atom stereocenters. The van der Waals surface area contributed by atoms with E-state index >= 15 is 0 Å². The molecule has 0 radical (unpaired) electrons. The zero-order valence-electron chi connectivity index (χ0n) is 10.5. The van der Waals surface area contributed by atoms with Crippen LogP contribution in [-0.2, 0) is 0 Å². The van der Waals surface area contributed by atoms with Crippen LogP contribution in [0.2, 0.25) is 0 Å². The van der Waals surface area contributed by atoms with Crippen LogP contribution in [0, 0.1) is 0 Å². The van der Waals surface area contributed by atoms with Crippen LogP contribution in [0.25, 0.3) is 16.8 Å². The Morgan fingerprint density at radius 3 is 2.35 bits per heavy atom. The first-order valence-corrected chi connectivity index (χ1v) is 6.03. The number of carboxylic acid groups (broad SMARTS) is 1. The molecule has 1 heterocycles. The van der Waals surface area contributed by atoms with E-state index in [-0.39, 0.29) is 5.56 Å². The van der Waals surface area contributed by atoms with Crippen LogP contribution in [0.1, 0.15) is 10.4 Å². The summed E-state index contributed by atoms with van der Waals surface area (Å²) in [5, 5.41) is 16.7. The maximum Gasteiger partial charge on any atom is 0.335 e. The van der Waals surface area contributed by atoms with Gasteiger partial charge in [0.05, 0.1) is 11.3 Å². The van der Waals surface area contributed by atoms with E-state index in [1.807, 2.05) is 30.3 Å². The molecule has 20 heavy (non-hydrogen) atoms. The molecule has 1 aromatic heterocycles. The number of benzene rings is 2. The predicted molar refractivity (Wildman–Crippen MR) is 73.8 cm³/mol. The summed E-state index contributed by atoms with van der Waals surface area (Å²) in [6.45, 7) is 0. The molecule has 2 aromatic carbocycles. The largest absolute Gasteiger partial charge is 0.478 e. The van der Waals surface area contributed by atoms with Gasteiger partial charge in [0.15, 0.2) is 0 Å². The normalized spacial score (nSPS) is 10.4. The van der Waals surface area contributed by atoms with Crippen LogP contribution in [0.3, 0.4) is 0 Å². The summed E-state index contributed by atoms with van der Waals surface area (Å²) in [6, 6.07) is 14.8. The minimum absolute atomic E-state index is 0.230. The van der Waals surface area contributed by atoms with E-state index < -0.39 is 5.97 Å². The van der Waals surface area contributed by atoms with Crippen molar-refractivity contribution in [2.75, 3.05) is 0 Å². The SMILES string of the molecule is O=C(O)c1ccc(-c2ccccc2)c(-n2cnnc2)c1. The van der Waals surface area contributed by atoms with E-state index in [2.05, 4.69) is 10.2 Å². The second-order valence-electron chi connectivity index (χ2n) is 4.27. The molecule has 3 rings (SSSR count). The van der Waals surface area contributed by atoms with E-state index in [0.717, 1.165) is 16.8 Å². The van der Waals surface area contributed by atoms with Gasteiger partial charge in [-0.1, -0.05) is 36.4 Å². The van der Waals surface area contributed by atoms with Gasteiger partial charge in [-0.05, 0) is 17.7 Å². The summed E-state index contributed by atoms with van der Waals surface area (Å²) in [7, 11) is 0. The number of nitrogens with zero attached hydrogens (tertiary/aromatic N) is 3. The first-order chi connectivity index (χ1) is 9.75. The van der Waals surface area contributed by atoms with E-state index in [1.54, 1.807) is 35.4 Å². The maximum atomic E-state index is 11.1. The average molecular weight is 265 g/mol. The third-order valence-electron chi connectivity index (χ3n) is 3.03. The summed E-state index contributed by atoms with van der Waals surface area (Å²) < 4.78 is 1.70. The molecule has 0 atom stereocenters. The molecule has 0 spiro atoms. The Morgan fingerprint density at radius 2 is 1.70 bits per heavy atom. The molecular formula is C15H11N3O2. The molecule has 0 aliphatic carbocycles. The zero-order valence-corrected chi connectivity index (χ0v) is 10.5. The van der Waals surface area contributed by atoms with Gasteiger partial charge in [0.1, 0.15) is 12.7 Å². The van der Waals surface area contributed by atoms with Gasteiger partial charge < -0.3 is 5.11 Å². The van der Waals surface area contributed by atoms with Gasteiger partial charge in [-0.3, -0.25) is 4.57 Å². The van der Waals surface area contributed by atoms with Crippen molar-refractivity contribution in [3.05, 3.63) is 66.7 Å². The molecule has 0 saturated heterocycles. The van der Waals surface area contributed by atoms with Crippen LogP contribution in [0.15, 0.2) is 61.2 Å². The summed E-state index contributed by atoms with van der Waals surface area (Å²) in [5.74, 6) is -0.959. The Hall–Kier alpha value is -2.95. The lowest BCUT2D eigenvalue weighted by atomic mass is 10.0. The standard InChI is InChI=1S/C15H11N3O2/c19-15(20)12-6-7-13(11-4-2-1-3-5-11)14(8-12)18-9-16-17-10-18/h1-10H,(H,19,20). The molecule has 0 bridgehead atoms. The summed E-state index contributed by atoms with van der Waals surface area (Å²) >= 11 is 0. The third-order valence-corrected chi connectivity index (χ3v) is 3.03. The predicted octanol–water partition coefficient (Wildman–Crippen LogP) is 2.63. The molecule has 0 fully saturated rings. The molecule has 3 aromatic rings.